The Morgan fingerprint density at radius 2 is 2.19 bits per heavy atom. The van der Waals surface area contributed by atoms with Crippen molar-refractivity contribution in [3.8, 4) is 0 Å². The van der Waals surface area contributed by atoms with Crippen LogP contribution in [-0.4, -0.2) is 50.4 Å². The normalized spacial score (nSPS) is 37.3. The number of aliphatic hydroxyl groups is 1. The van der Waals surface area contributed by atoms with Crippen molar-refractivity contribution in [1.82, 2.24) is 9.55 Å². The van der Waals surface area contributed by atoms with Crippen molar-refractivity contribution in [2.45, 2.75) is 51.2 Å². The molecule has 1 heterocycles. The fourth-order valence-corrected chi connectivity index (χ4v) is 6.06. The van der Waals surface area contributed by atoms with Crippen molar-refractivity contribution in [2.75, 3.05) is 7.11 Å². The Balaban J connectivity index is 1.70. The third-order valence-electron chi connectivity index (χ3n) is 7.13. The molecule has 0 aromatic carbocycles. The first kappa shape index (κ1) is 18.6. The first-order valence-electron chi connectivity index (χ1n) is 9.20. The number of aromatic nitrogens is 2. The number of carbonyl (C=O) groups is 2. The minimum atomic E-state index is -1.09. The van der Waals surface area contributed by atoms with Gasteiger partial charge in [-0.3, -0.25) is 14.2 Å². The van der Waals surface area contributed by atoms with Crippen LogP contribution in [0.2, 0.25) is 0 Å². The van der Waals surface area contributed by atoms with Crippen molar-refractivity contribution in [3.63, 3.8) is 0 Å². The van der Waals surface area contributed by atoms with Crippen LogP contribution in [0.3, 0.4) is 0 Å². The van der Waals surface area contributed by atoms with Crippen molar-refractivity contribution in [1.29, 1.82) is 0 Å². The SMILES string of the molecule is COC(=O)[C@@]12C[C@H]3[C@H](OC(=S)n4ccnc4)[C@@H](C(C)(C)O)C[C@]31CCC2=O. The van der Waals surface area contributed by atoms with E-state index in [0.29, 0.717) is 25.7 Å². The molecule has 146 valence electrons. The van der Waals surface area contributed by atoms with Crippen LogP contribution in [0.4, 0.5) is 0 Å². The summed E-state index contributed by atoms with van der Waals surface area (Å²) in [4.78, 5) is 29.3. The molecular formula is C19H24N2O5S. The van der Waals surface area contributed by atoms with Crippen LogP contribution in [-0.2, 0) is 19.1 Å². The molecule has 1 spiro atoms. The van der Waals surface area contributed by atoms with Gasteiger partial charge in [0.2, 0.25) is 0 Å². The highest BCUT2D eigenvalue weighted by atomic mass is 32.1. The molecule has 5 atom stereocenters. The average molecular weight is 392 g/mol. The quantitative estimate of drug-likeness (QED) is 0.476. The standard InChI is InChI=1S/C19H24N2O5S/c1-17(2,24)11-8-18-5-4-13(22)19(18,15(23)25-3)9-12(18)14(11)26-16(27)21-7-6-20-10-21/h6-7,10-12,14,24H,4-5,8-9H2,1-3H3/t11-,12-,14+,18+,19-/m0/s1. The van der Waals surface area contributed by atoms with E-state index in [9.17, 15) is 14.7 Å². The monoisotopic (exact) mass is 392 g/mol. The minimum absolute atomic E-state index is 0.0269. The topological polar surface area (TPSA) is 90.7 Å². The van der Waals surface area contributed by atoms with Gasteiger partial charge in [0.05, 0.1) is 12.7 Å². The van der Waals surface area contributed by atoms with Crippen LogP contribution >= 0.6 is 12.2 Å². The van der Waals surface area contributed by atoms with Gasteiger partial charge in [-0.25, -0.2) is 4.98 Å². The van der Waals surface area contributed by atoms with E-state index in [0.717, 1.165) is 0 Å². The molecule has 3 aliphatic rings. The van der Waals surface area contributed by atoms with Gasteiger partial charge < -0.3 is 14.6 Å². The van der Waals surface area contributed by atoms with E-state index in [2.05, 4.69) is 4.98 Å². The van der Waals surface area contributed by atoms with Gasteiger partial charge in [0.25, 0.3) is 5.17 Å². The number of rotatable bonds is 3. The number of Topliss-reactive ketones (excluding diaryl/α,β-unsaturated/α-hetero) is 1. The van der Waals surface area contributed by atoms with Gasteiger partial charge in [0.1, 0.15) is 17.8 Å². The number of hydrogen-bond acceptors (Lipinski definition) is 7. The number of thiocarbonyl (C=S) groups is 1. The molecular weight excluding hydrogens is 368 g/mol. The summed E-state index contributed by atoms with van der Waals surface area (Å²) in [5.74, 6) is -0.770. The molecule has 0 radical (unpaired) electrons. The fourth-order valence-electron chi connectivity index (χ4n) is 5.84. The van der Waals surface area contributed by atoms with Crippen molar-refractivity contribution in [3.05, 3.63) is 18.7 Å². The zero-order valence-electron chi connectivity index (χ0n) is 15.7. The van der Waals surface area contributed by atoms with Crippen LogP contribution in [0.5, 0.6) is 0 Å². The number of carbonyl (C=O) groups excluding carboxylic acids is 2. The zero-order chi connectivity index (χ0) is 19.6. The van der Waals surface area contributed by atoms with Crippen molar-refractivity contribution >= 4 is 29.1 Å². The number of hydrogen-bond donors (Lipinski definition) is 1. The lowest BCUT2D eigenvalue weighted by Gasteiger charge is -2.55. The summed E-state index contributed by atoms with van der Waals surface area (Å²) >= 11 is 5.41. The first-order valence-corrected chi connectivity index (χ1v) is 9.61. The lowest BCUT2D eigenvalue weighted by molar-refractivity contribution is -0.189. The van der Waals surface area contributed by atoms with Gasteiger partial charge in [-0.1, -0.05) is 0 Å². The van der Waals surface area contributed by atoms with Gasteiger partial charge in [-0.05, 0) is 45.3 Å². The van der Waals surface area contributed by atoms with E-state index in [1.54, 1.807) is 37.1 Å². The molecule has 0 aliphatic heterocycles. The maximum Gasteiger partial charge on any atom is 0.319 e. The lowest BCUT2D eigenvalue weighted by atomic mass is 9.45. The smallest absolute Gasteiger partial charge is 0.319 e. The summed E-state index contributed by atoms with van der Waals surface area (Å²) in [7, 11) is 1.33. The third kappa shape index (κ3) is 2.29. The summed E-state index contributed by atoms with van der Waals surface area (Å²) in [6.45, 7) is 3.48. The van der Waals surface area contributed by atoms with E-state index >= 15 is 0 Å². The summed E-state index contributed by atoms with van der Waals surface area (Å²) < 4.78 is 12.8. The largest absolute Gasteiger partial charge is 0.468 e. The molecule has 1 aromatic heterocycles. The fraction of sp³-hybridized carbons (Fsp3) is 0.684. The predicted molar refractivity (Wildman–Crippen MR) is 98.7 cm³/mol. The Morgan fingerprint density at radius 3 is 2.78 bits per heavy atom. The van der Waals surface area contributed by atoms with Gasteiger partial charge in [0, 0.05) is 36.1 Å². The lowest BCUT2D eigenvalue weighted by Crippen LogP contribution is -2.62. The van der Waals surface area contributed by atoms with Gasteiger partial charge in [-0.15, -0.1) is 0 Å². The molecule has 0 unspecified atom stereocenters. The van der Waals surface area contributed by atoms with Gasteiger partial charge >= 0.3 is 5.97 Å². The Kier molecular flexibility index (Phi) is 4.02. The summed E-state index contributed by atoms with van der Waals surface area (Å²) in [6.07, 6.45) is 6.42. The summed E-state index contributed by atoms with van der Waals surface area (Å²) in [5, 5.41) is 11.1. The predicted octanol–water partition coefficient (Wildman–Crippen LogP) is 1.72. The van der Waals surface area contributed by atoms with E-state index in [4.69, 9.17) is 21.7 Å². The number of methoxy groups -OCH3 is 1. The van der Waals surface area contributed by atoms with E-state index in [1.165, 1.54) is 7.11 Å². The maximum atomic E-state index is 12.7. The number of ketones is 1. The third-order valence-corrected chi connectivity index (χ3v) is 7.44. The van der Waals surface area contributed by atoms with E-state index < -0.39 is 22.4 Å². The second kappa shape index (κ2) is 5.85. The average Bonchev–Trinajstić information content (AvgIpc) is 3.25. The van der Waals surface area contributed by atoms with Crippen LogP contribution in [0, 0.1) is 22.7 Å². The van der Waals surface area contributed by atoms with E-state index in [-0.39, 0.29) is 28.9 Å². The van der Waals surface area contributed by atoms with Crippen LogP contribution in [0.15, 0.2) is 18.7 Å². The maximum absolute atomic E-state index is 12.7. The second-order valence-corrected chi connectivity index (χ2v) is 8.92. The molecule has 7 nitrogen and oxygen atoms in total. The van der Waals surface area contributed by atoms with Crippen LogP contribution < -0.4 is 0 Å². The highest BCUT2D eigenvalue weighted by molar-refractivity contribution is 7.80. The highest BCUT2D eigenvalue weighted by Gasteiger charge is 2.81. The van der Waals surface area contributed by atoms with Gasteiger partial charge in [-0.2, -0.15) is 0 Å². The number of nitrogens with zero attached hydrogens (tertiary/aromatic N) is 2. The summed E-state index contributed by atoms with van der Waals surface area (Å²) in [5.41, 5.74) is -2.64. The van der Waals surface area contributed by atoms with Gasteiger partial charge in [0.15, 0.2) is 5.78 Å². The molecule has 1 N–H and O–H groups in total. The van der Waals surface area contributed by atoms with Crippen LogP contribution in [0.1, 0.15) is 39.5 Å². The number of imidazole rings is 1. The van der Waals surface area contributed by atoms with Crippen molar-refractivity contribution < 1.29 is 24.2 Å². The molecule has 27 heavy (non-hydrogen) atoms. The molecule has 3 fully saturated rings. The Labute approximate surface area is 163 Å². The Bertz CT molecular complexity index is 802. The molecule has 3 aliphatic carbocycles. The minimum Gasteiger partial charge on any atom is -0.468 e. The zero-order valence-corrected chi connectivity index (χ0v) is 16.5. The first-order chi connectivity index (χ1) is 12.7. The number of ether oxygens (including phenoxy) is 2. The Morgan fingerprint density at radius 1 is 1.44 bits per heavy atom. The Hall–Kier alpha value is -1.80. The van der Waals surface area contributed by atoms with Crippen LogP contribution in [0.25, 0.3) is 0 Å². The van der Waals surface area contributed by atoms with Crippen molar-refractivity contribution in [2.24, 2.45) is 22.7 Å². The highest BCUT2D eigenvalue weighted by Crippen LogP contribution is 2.76. The molecule has 0 saturated heterocycles. The molecule has 0 amide bonds. The summed E-state index contributed by atoms with van der Waals surface area (Å²) in [6, 6.07) is 0. The molecule has 4 rings (SSSR count). The molecule has 8 heteroatoms. The van der Waals surface area contributed by atoms with E-state index in [1.807, 2.05) is 0 Å². The molecule has 3 saturated carbocycles. The second-order valence-electron chi connectivity index (χ2n) is 8.57. The molecule has 1 aromatic rings. The number of esters is 1. The molecule has 0 bridgehead atoms.